The number of nitrogens with zero attached hydrogens (tertiary/aromatic N) is 3. The van der Waals surface area contributed by atoms with Crippen LogP contribution in [-0.4, -0.2) is 32.4 Å². The first kappa shape index (κ1) is 16.4. The van der Waals surface area contributed by atoms with Crippen LogP contribution in [0.1, 0.15) is 11.1 Å². The van der Waals surface area contributed by atoms with Crippen LogP contribution >= 0.6 is 11.6 Å². The van der Waals surface area contributed by atoms with Gasteiger partial charge in [0.05, 0.1) is 12.0 Å². The lowest BCUT2D eigenvalue weighted by Gasteiger charge is -2.23. The summed E-state index contributed by atoms with van der Waals surface area (Å²) in [5.74, 6) is 0. The lowest BCUT2D eigenvalue weighted by molar-refractivity contribution is 0.643. The Morgan fingerprint density at radius 1 is 0.955 bits per heavy atom. The van der Waals surface area contributed by atoms with Crippen molar-refractivity contribution < 1.29 is 0 Å². The molecule has 4 heteroatoms. The standard InChI is InChI=1S/C18H22ClN3/c1-13-11-18(14(2)10-17(13)20-12-21(3)4)22(5)16-8-6-15(19)7-9-16/h6-12H,1-5H3. The van der Waals surface area contributed by atoms with Gasteiger partial charge in [-0.15, -0.1) is 0 Å². The minimum absolute atomic E-state index is 0.749. The molecule has 0 saturated heterocycles. The summed E-state index contributed by atoms with van der Waals surface area (Å²) in [5, 5.41) is 0.749. The molecule has 2 aromatic carbocycles. The van der Waals surface area contributed by atoms with Crippen LogP contribution in [0.5, 0.6) is 0 Å². The monoisotopic (exact) mass is 315 g/mol. The zero-order valence-corrected chi connectivity index (χ0v) is 14.5. The summed E-state index contributed by atoms with van der Waals surface area (Å²) >= 11 is 5.96. The third kappa shape index (κ3) is 3.80. The third-order valence-electron chi connectivity index (χ3n) is 3.52. The van der Waals surface area contributed by atoms with Gasteiger partial charge in [-0.2, -0.15) is 0 Å². The Hall–Kier alpha value is -2.00. The maximum absolute atomic E-state index is 5.96. The molecule has 0 bridgehead atoms. The van der Waals surface area contributed by atoms with Gasteiger partial charge >= 0.3 is 0 Å². The second-order valence-corrected chi connectivity index (χ2v) is 6.11. The van der Waals surface area contributed by atoms with Crippen molar-refractivity contribution in [2.45, 2.75) is 13.8 Å². The fourth-order valence-electron chi connectivity index (χ4n) is 2.27. The van der Waals surface area contributed by atoms with E-state index in [2.05, 4.69) is 42.9 Å². The van der Waals surface area contributed by atoms with Gasteiger partial charge in [0.1, 0.15) is 0 Å². The first-order chi connectivity index (χ1) is 10.4. The molecule has 0 aliphatic heterocycles. The third-order valence-corrected chi connectivity index (χ3v) is 3.77. The van der Waals surface area contributed by atoms with Gasteiger partial charge in [0.2, 0.25) is 0 Å². The highest BCUT2D eigenvalue weighted by Crippen LogP contribution is 2.32. The van der Waals surface area contributed by atoms with E-state index in [1.807, 2.05) is 49.6 Å². The molecule has 0 radical (unpaired) electrons. The molecule has 0 aliphatic carbocycles. The summed E-state index contributed by atoms with van der Waals surface area (Å²) in [6, 6.07) is 12.2. The maximum Gasteiger partial charge on any atom is 0.0907 e. The maximum atomic E-state index is 5.96. The van der Waals surface area contributed by atoms with Gasteiger partial charge in [0.15, 0.2) is 0 Å². The highest BCUT2D eigenvalue weighted by atomic mass is 35.5. The van der Waals surface area contributed by atoms with E-state index in [1.54, 1.807) is 0 Å². The zero-order valence-electron chi connectivity index (χ0n) is 13.8. The van der Waals surface area contributed by atoms with E-state index in [0.29, 0.717) is 0 Å². The van der Waals surface area contributed by atoms with Gasteiger partial charge in [-0.05, 0) is 61.4 Å². The molecule has 116 valence electrons. The number of halogens is 1. The molecule has 0 heterocycles. The van der Waals surface area contributed by atoms with Crippen LogP contribution in [0.25, 0.3) is 0 Å². The molecule has 2 rings (SSSR count). The van der Waals surface area contributed by atoms with Crippen molar-refractivity contribution in [2.24, 2.45) is 4.99 Å². The van der Waals surface area contributed by atoms with Crippen LogP contribution in [0.3, 0.4) is 0 Å². The predicted octanol–water partition coefficient (Wildman–Crippen LogP) is 4.95. The van der Waals surface area contributed by atoms with E-state index in [0.717, 1.165) is 22.0 Å². The Balaban J connectivity index is 2.36. The van der Waals surface area contributed by atoms with Crippen molar-refractivity contribution in [3.63, 3.8) is 0 Å². The van der Waals surface area contributed by atoms with Gasteiger partial charge in [-0.3, -0.25) is 0 Å². The first-order valence-corrected chi connectivity index (χ1v) is 7.57. The summed E-state index contributed by atoms with van der Waals surface area (Å²) in [6.45, 7) is 4.19. The quantitative estimate of drug-likeness (QED) is 0.587. The van der Waals surface area contributed by atoms with Gasteiger partial charge in [0, 0.05) is 37.5 Å². The van der Waals surface area contributed by atoms with Crippen molar-refractivity contribution in [3.8, 4) is 0 Å². The van der Waals surface area contributed by atoms with Crippen LogP contribution in [0.4, 0.5) is 17.1 Å². The molecular formula is C18H22ClN3. The minimum atomic E-state index is 0.749. The number of rotatable bonds is 4. The number of aryl methyl sites for hydroxylation is 2. The largest absolute Gasteiger partial charge is 0.369 e. The fraction of sp³-hybridized carbons (Fsp3) is 0.278. The molecule has 0 spiro atoms. The summed E-state index contributed by atoms with van der Waals surface area (Å²) in [7, 11) is 6.00. The zero-order chi connectivity index (χ0) is 16.3. The molecule has 0 fully saturated rings. The first-order valence-electron chi connectivity index (χ1n) is 7.19. The van der Waals surface area contributed by atoms with E-state index in [4.69, 9.17) is 11.6 Å². The number of hydrogen-bond acceptors (Lipinski definition) is 2. The summed E-state index contributed by atoms with van der Waals surface area (Å²) in [4.78, 5) is 8.61. The van der Waals surface area contributed by atoms with Crippen LogP contribution in [0.2, 0.25) is 5.02 Å². The normalized spacial score (nSPS) is 11.0. The summed E-state index contributed by atoms with van der Waals surface area (Å²) in [6.07, 6.45) is 1.82. The Bertz CT molecular complexity index is 675. The van der Waals surface area contributed by atoms with E-state index in [-0.39, 0.29) is 0 Å². The molecule has 0 amide bonds. The van der Waals surface area contributed by atoms with E-state index in [9.17, 15) is 0 Å². The fourth-order valence-corrected chi connectivity index (χ4v) is 2.39. The summed E-state index contributed by atoms with van der Waals surface area (Å²) in [5.41, 5.74) is 5.62. The smallest absolute Gasteiger partial charge is 0.0907 e. The molecule has 0 unspecified atom stereocenters. The highest BCUT2D eigenvalue weighted by molar-refractivity contribution is 6.30. The van der Waals surface area contributed by atoms with Crippen molar-refractivity contribution in [1.82, 2.24) is 4.90 Å². The van der Waals surface area contributed by atoms with E-state index < -0.39 is 0 Å². The average molecular weight is 316 g/mol. The molecule has 0 saturated carbocycles. The van der Waals surface area contributed by atoms with Crippen LogP contribution < -0.4 is 4.90 Å². The molecule has 0 atom stereocenters. The highest BCUT2D eigenvalue weighted by Gasteiger charge is 2.10. The molecule has 0 aromatic heterocycles. The van der Waals surface area contributed by atoms with Gasteiger partial charge in [-0.25, -0.2) is 4.99 Å². The van der Waals surface area contributed by atoms with Crippen LogP contribution in [-0.2, 0) is 0 Å². The lowest BCUT2D eigenvalue weighted by atomic mass is 10.1. The van der Waals surface area contributed by atoms with Crippen molar-refractivity contribution >= 4 is 35.0 Å². The predicted molar refractivity (Wildman–Crippen MR) is 97.3 cm³/mol. The minimum Gasteiger partial charge on any atom is -0.369 e. The molecule has 22 heavy (non-hydrogen) atoms. The van der Waals surface area contributed by atoms with E-state index >= 15 is 0 Å². The molecule has 0 aliphatic rings. The van der Waals surface area contributed by atoms with Crippen molar-refractivity contribution in [2.75, 3.05) is 26.0 Å². The SMILES string of the molecule is Cc1cc(N(C)c2ccc(Cl)cc2)c(C)cc1N=CN(C)C. The number of hydrogen-bond donors (Lipinski definition) is 0. The average Bonchev–Trinajstić information content (AvgIpc) is 2.47. The van der Waals surface area contributed by atoms with Gasteiger partial charge in [0.25, 0.3) is 0 Å². The molecule has 2 aromatic rings. The number of benzene rings is 2. The van der Waals surface area contributed by atoms with Crippen LogP contribution in [0, 0.1) is 13.8 Å². The van der Waals surface area contributed by atoms with Gasteiger partial charge < -0.3 is 9.80 Å². The molecule has 3 nitrogen and oxygen atoms in total. The van der Waals surface area contributed by atoms with Crippen molar-refractivity contribution in [3.05, 3.63) is 52.5 Å². The van der Waals surface area contributed by atoms with Crippen molar-refractivity contribution in [1.29, 1.82) is 0 Å². The second-order valence-electron chi connectivity index (χ2n) is 5.67. The topological polar surface area (TPSA) is 18.8 Å². The Labute approximate surface area is 137 Å². The Morgan fingerprint density at radius 3 is 2.18 bits per heavy atom. The second kappa shape index (κ2) is 6.84. The number of anilines is 2. The van der Waals surface area contributed by atoms with Gasteiger partial charge in [-0.1, -0.05) is 11.6 Å². The van der Waals surface area contributed by atoms with E-state index in [1.165, 1.54) is 11.3 Å². The number of aliphatic imine (C=N–C) groups is 1. The van der Waals surface area contributed by atoms with Crippen LogP contribution in [0.15, 0.2) is 41.4 Å². The lowest BCUT2D eigenvalue weighted by Crippen LogP contribution is -2.11. The molecular weight excluding hydrogens is 294 g/mol. The molecule has 0 N–H and O–H groups in total. The Morgan fingerprint density at radius 2 is 1.59 bits per heavy atom. The summed E-state index contributed by atoms with van der Waals surface area (Å²) < 4.78 is 0. The Kier molecular flexibility index (Phi) is 5.09.